The van der Waals surface area contributed by atoms with Gasteiger partial charge in [-0.3, -0.25) is 4.79 Å². The van der Waals surface area contributed by atoms with Gasteiger partial charge in [-0.2, -0.15) is 4.31 Å². The average Bonchev–Trinajstić information content (AvgIpc) is 2.78. The number of hydrogen-bond acceptors (Lipinski definition) is 3. The number of hydrogen-bond donors (Lipinski definition) is 1. The lowest BCUT2D eigenvalue weighted by Gasteiger charge is -2.41. The highest BCUT2D eigenvalue weighted by atomic mass is 32.2. The Labute approximate surface area is 180 Å². The fraction of sp³-hybridized carbons (Fsp3) is 0.609. The van der Waals surface area contributed by atoms with Gasteiger partial charge in [0.2, 0.25) is 10.0 Å². The molecule has 164 valence electrons. The lowest BCUT2D eigenvalue weighted by atomic mass is 9.75. The highest BCUT2D eigenvalue weighted by molar-refractivity contribution is 7.92. The van der Waals surface area contributed by atoms with Crippen molar-refractivity contribution in [1.82, 2.24) is 9.21 Å². The number of quaternary nitrogens is 1. The molecule has 0 radical (unpaired) electrons. The number of nitrogens with zero attached hydrogens (tertiary/aromatic N) is 2. The minimum atomic E-state index is -3.42. The molecule has 1 N–H and O–H groups in total. The molecule has 2 atom stereocenters. The molecule has 1 aromatic rings. The normalized spacial score (nSPS) is 26.6. The lowest BCUT2D eigenvalue weighted by molar-refractivity contribution is -0.896. The van der Waals surface area contributed by atoms with Crippen LogP contribution in [0.25, 0.3) is 6.08 Å². The van der Waals surface area contributed by atoms with E-state index in [1.807, 2.05) is 30.3 Å². The largest absolute Gasteiger partial charge is 0.338 e. The minimum Gasteiger partial charge on any atom is -0.338 e. The number of sulfonamides is 1. The highest BCUT2D eigenvalue weighted by Gasteiger charge is 2.35. The van der Waals surface area contributed by atoms with Gasteiger partial charge in [0.15, 0.2) is 6.54 Å². The van der Waals surface area contributed by atoms with E-state index < -0.39 is 10.0 Å². The molecular formula is C23H34N3O3S+. The van der Waals surface area contributed by atoms with Gasteiger partial charge in [0.25, 0.3) is 5.91 Å². The number of piperidine rings is 1. The van der Waals surface area contributed by atoms with E-state index in [0.717, 1.165) is 31.0 Å². The van der Waals surface area contributed by atoms with Crippen molar-refractivity contribution in [2.75, 3.05) is 45.8 Å². The van der Waals surface area contributed by atoms with Crippen molar-refractivity contribution in [2.24, 2.45) is 11.8 Å². The van der Waals surface area contributed by atoms with Crippen LogP contribution < -0.4 is 4.90 Å². The number of carbonyl (C=O) groups is 1. The second-order valence-electron chi connectivity index (χ2n) is 9.02. The van der Waals surface area contributed by atoms with Gasteiger partial charge >= 0.3 is 0 Å². The smallest absolute Gasteiger partial charge is 0.277 e. The molecule has 3 aliphatic rings. The second kappa shape index (κ2) is 9.62. The summed E-state index contributed by atoms with van der Waals surface area (Å²) < 4.78 is 26.8. The van der Waals surface area contributed by atoms with Crippen LogP contribution in [-0.4, -0.2) is 69.3 Å². The Bertz CT molecular complexity index is 848. The summed E-state index contributed by atoms with van der Waals surface area (Å²) in [7, 11) is -3.42. The van der Waals surface area contributed by atoms with E-state index in [1.165, 1.54) is 40.3 Å². The first-order valence-electron chi connectivity index (χ1n) is 11.4. The number of benzene rings is 1. The number of likely N-dealkylation sites (tertiary alicyclic amines) is 1. The van der Waals surface area contributed by atoms with Crippen LogP contribution in [0.15, 0.2) is 35.7 Å². The van der Waals surface area contributed by atoms with Crippen LogP contribution in [0.5, 0.6) is 0 Å². The van der Waals surface area contributed by atoms with E-state index in [2.05, 4.69) is 4.90 Å². The zero-order valence-corrected chi connectivity index (χ0v) is 18.5. The molecule has 0 bridgehead atoms. The van der Waals surface area contributed by atoms with Crippen molar-refractivity contribution < 1.29 is 18.1 Å². The van der Waals surface area contributed by atoms with Gasteiger partial charge in [-0.05, 0) is 36.3 Å². The van der Waals surface area contributed by atoms with Crippen LogP contribution in [0, 0.1) is 11.8 Å². The Morgan fingerprint density at radius 3 is 2.43 bits per heavy atom. The Morgan fingerprint density at radius 2 is 1.70 bits per heavy atom. The maximum absolute atomic E-state index is 12.8. The standard InChI is InChI=1S/C23H33N3O3S/c27-23(25-12-10-21-8-4-5-9-22(21)18-25)19-24-13-15-26(16-14-24)30(28,29)17-11-20-6-2-1-3-7-20/h1-3,6-7,11,17,21-22H,4-5,8-10,12-16,18-19H2/p+1/b17-11+/t21-,22-/m1/s1. The summed E-state index contributed by atoms with van der Waals surface area (Å²) in [4.78, 5) is 16.1. The average molecular weight is 433 g/mol. The van der Waals surface area contributed by atoms with Gasteiger partial charge in [0.1, 0.15) is 0 Å². The number of amides is 1. The summed E-state index contributed by atoms with van der Waals surface area (Å²) in [5, 5.41) is 1.30. The summed E-state index contributed by atoms with van der Waals surface area (Å²) in [6.07, 6.45) is 8.08. The molecule has 2 aliphatic heterocycles. The summed E-state index contributed by atoms with van der Waals surface area (Å²) in [5.41, 5.74) is 0.873. The molecule has 0 aromatic heterocycles. The summed E-state index contributed by atoms with van der Waals surface area (Å²) in [5.74, 6) is 1.77. The molecule has 1 aromatic carbocycles. The first-order chi connectivity index (χ1) is 14.5. The Balaban J connectivity index is 1.25. The van der Waals surface area contributed by atoms with E-state index in [9.17, 15) is 13.2 Å². The molecule has 6 nitrogen and oxygen atoms in total. The van der Waals surface area contributed by atoms with Crippen molar-refractivity contribution in [2.45, 2.75) is 32.1 Å². The van der Waals surface area contributed by atoms with Crippen molar-refractivity contribution in [3.05, 3.63) is 41.3 Å². The molecule has 7 heteroatoms. The topological polar surface area (TPSA) is 62.1 Å². The number of fused-ring (bicyclic) bond motifs is 1. The first-order valence-corrected chi connectivity index (χ1v) is 12.9. The van der Waals surface area contributed by atoms with E-state index in [1.54, 1.807) is 6.08 Å². The Kier molecular flexibility index (Phi) is 6.91. The van der Waals surface area contributed by atoms with Gasteiger partial charge in [-0.1, -0.05) is 49.6 Å². The third-order valence-corrected chi connectivity index (χ3v) is 8.63. The molecule has 0 unspecified atom stereocenters. The third-order valence-electron chi connectivity index (χ3n) is 7.07. The predicted octanol–water partition coefficient (Wildman–Crippen LogP) is 1.23. The van der Waals surface area contributed by atoms with Crippen LogP contribution >= 0.6 is 0 Å². The molecule has 0 spiro atoms. The van der Waals surface area contributed by atoms with Gasteiger partial charge < -0.3 is 9.80 Å². The SMILES string of the molecule is O=C(C[NH+]1CCN(S(=O)(=O)/C=C/c2ccccc2)CC1)N1CC[C@H]2CCCC[C@@H]2C1. The second-order valence-corrected chi connectivity index (χ2v) is 10.8. The number of carbonyl (C=O) groups excluding carboxylic acids is 1. The van der Waals surface area contributed by atoms with Gasteiger partial charge in [-0.25, -0.2) is 8.42 Å². The Hall–Kier alpha value is -1.70. The Morgan fingerprint density at radius 1 is 1.00 bits per heavy atom. The molecule has 3 fully saturated rings. The highest BCUT2D eigenvalue weighted by Crippen LogP contribution is 2.35. The van der Waals surface area contributed by atoms with Gasteiger partial charge in [0.05, 0.1) is 26.2 Å². The number of rotatable bonds is 5. The summed E-state index contributed by atoms with van der Waals surface area (Å²) >= 11 is 0. The third kappa shape index (κ3) is 5.31. The fourth-order valence-corrected chi connectivity index (χ4v) is 6.39. The monoisotopic (exact) mass is 432 g/mol. The van der Waals surface area contributed by atoms with Crippen LogP contribution in [0.1, 0.15) is 37.7 Å². The molecule has 2 heterocycles. The minimum absolute atomic E-state index is 0.245. The maximum Gasteiger partial charge on any atom is 0.277 e. The number of nitrogens with one attached hydrogen (secondary N) is 1. The van der Waals surface area contributed by atoms with Crippen molar-refractivity contribution in [3.8, 4) is 0 Å². The quantitative estimate of drug-likeness (QED) is 0.761. The molecular weight excluding hydrogens is 398 g/mol. The first kappa shape index (κ1) is 21.5. The van der Waals surface area contributed by atoms with Gasteiger partial charge in [0, 0.05) is 18.5 Å². The van der Waals surface area contributed by atoms with E-state index >= 15 is 0 Å². The molecule has 4 rings (SSSR count). The summed E-state index contributed by atoms with van der Waals surface area (Å²) in [6.45, 7) is 4.63. The van der Waals surface area contributed by atoms with E-state index in [4.69, 9.17) is 0 Å². The summed E-state index contributed by atoms with van der Waals surface area (Å²) in [6, 6.07) is 9.46. The molecule has 30 heavy (non-hydrogen) atoms. The molecule has 1 saturated carbocycles. The van der Waals surface area contributed by atoms with Crippen LogP contribution in [-0.2, 0) is 14.8 Å². The molecule has 2 saturated heterocycles. The zero-order chi connectivity index (χ0) is 21.0. The van der Waals surface area contributed by atoms with Crippen LogP contribution in [0.4, 0.5) is 0 Å². The van der Waals surface area contributed by atoms with E-state index in [0.29, 0.717) is 38.6 Å². The van der Waals surface area contributed by atoms with Crippen molar-refractivity contribution in [1.29, 1.82) is 0 Å². The lowest BCUT2D eigenvalue weighted by Crippen LogP contribution is -3.15. The van der Waals surface area contributed by atoms with Crippen molar-refractivity contribution >= 4 is 22.0 Å². The maximum atomic E-state index is 12.8. The molecule has 1 amide bonds. The fourth-order valence-electron chi connectivity index (χ4n) is 5.20. The number of piperazine rings is 1. The predicted molar refractivity (Wildman–Crippen MR) is 118 cm³/mol. The van der Waals surface area contributed by atoms with Crippen LogP contribution in [0.2, 0.25) is 0 Å². The van der Waals surface area contributed by atoms with E-state index in [-0.39, 0.29) is 5.91 Å². The zero-order valence-electron chi connectivity index (χ0n) is 17.7. The van der Waals surface area contributed by atoms with Crippen LogP contribution in [0.3, 0.4) is 0 Å². The van der Waals surface area contributed by atoms with Gasteiger partial charge in [-0.15, -0.1) is 0 Å². The van der Waals surface area contributed by atoms with Crippen molar-refractivity contribution in [3.63, 3.8) is 0 Å². The molecule has 1 aliphatic carbocycles.